The number of aliphatic hydroxyl groups excluding tert-OH is 1. The van der Waals surface area contributed by atoms with E-state index >= 15 is 0 Å². The van der Waals surface area contributed by atoms with Crippen molar-refractivity contribution in [3.8, 4) is 0 Å². The van der Waals surface area contributed by atoms with Crippen LogP contribution in [0.2, 0.25) is 0 Å². The summed E-state index contributed by atoms with van der Waals surface area (Å²) in [6, 6.07) is 0. The van der Waals surface area contributed by atoms with Gasteiger partial charge in [-0.1, -0.05) is 13.8 Å². The quantitative estimate of drug-likeness (QED) is 0.734. The average molecular weight is 204 g/mol. The smallest absolute Gasteiger partial charge is 0.0813 e. The van der Waals surface area contributed by atoms with Crippen LogP contribution in [0.1, 0.15) is 33.1 Å². The molecule has 1 heterocycles. The molecular weight excluding hydrogens is 184 g/mol. The lowest BCUT2D eigenvalue weighted by molar-refractivity contribution is -0.0923. The monoisotopic (exact) mass is 204 g/mol. The molecule has 0 spiro atoms. The van der Waals surface area contributed by atoms with E-state index in [1.807, 2.05) is 13.8 Å². The van der Waals surface area contributed by atoms with Gasteiger partial charge in [0.25, 0.3) is 0 Å². The lowest BCUT2D eigenvalue weighted by Gasteiger charge is -2.45. The molecule has 1 fully saturated rings. The van der Waals surface area contributed by atoms with Gasteiger partial charge in [0, 0.05) is 11.2 Å². The molecule has 78 valence electrons. The Morgan fingerprint density at radius 2 is 2.23 bits per heavy atom. The third kappa shape index (κ3) is 2.03. The van der Waals surface area contributed by atoms with Gasteiger partial charge in [0.2, 0.25) is 0 Å². The van der Waals surface area contributed by atoms with E-state index in [0.717, 1.165) is 30.8 Å². The molecule has 1 rings (SSSR count). The van der Waals surface area contributed by atoms with E-state index in [1.165, 1.54) is 0 Å². The Labute approximate surface area is 84.7 Å². The molecule has 3 heteroatoms. The zero-order valence-corrected chi connectivity index (χ0v) is 9.36. The Balaban J connectivity index is 2.74. The molecular formula is C10H20O2S. The summed E-state index contributed by atoms with van der Waals surface area (Å²) in [6.45, 7) is 4.10. The highest BCUT2D eigenvalue weighted by Crippen LogP contribution is 2.42. The molecule has 0 aromatic rings. The second-order valence-electron chi connectivity index (χ2n) is 4.26. The van der Waals surface area contributed by atoms with Crippen LogP contribution < -0.4 is 0 Å². The largest absolute Gasteiger partial charge is 0.396 e. The predicted octanol–water partition coefficient (Wildman–Crippen LogP) is 1.65. The van der Waals surface area contributed by atoms with Gasteiger partial charge in [0.15, 0.2) is 0 Å². The fourth-order valence-corrected chi connectivity index (χ4v) is 3.17. The fourth-order valence-electron chi connectivity index (χ4n) is 1.84. The molecule has 0 saturated carbocycles. The van der Waals surface area contributed by atoms with Crippen LogP contribution in [0, 0.1) is 5.41 Å². The van der Waals surface area contributed by atoms with Gasteiger partial charge < -0.3 is 10.2 Å². The average Bonchev–Trinajstić information content (AvgIpc) is 2.17. The summed E-state index contributed by atoms with van der Waals surface area (Å²) in [6.07, 6.45) is 2.74. The van der Waals surface area contributed by atoms with E-state index in [4.69, 9.17) is 0 Å². The molecule has 1 aliphatic heterocycles. The minimum Gasteiger partial charge on any atom is -0.396 e. The van der Waals surface area contributed by atoms with E-state index < -0.39 is 5.60 Å². The number of thioether (sulfide) groups is 1. The number of aliphatic hydroxyl groups is 2. The molecule has 1 aliphatic rings. The van der Waals surface area contributed by atoms with E-state index in [2.05, 4.69) is 0 Å². The summed E-state index contributed by atoms with van der Waals surface area (Å²) < 4.78 is 0. The SMILES string of the molecule is CCC(C)(CO)C1(O)CCCSC1. The molecule has 0 aromatic carbocycles. The summed E-state index contributed by atoms with van der Waals surface area (Å²) in [5.41, 5.74) is -0.972. The second-order valence-corrected chi connectivity index (χ2v) is 5.37. The minimum absolute atomic E-state index is 0.0839. The third-order valence-electron chi connectivity index (χ3n) is 3.47. The second kappa shape index (κ2) is 4.20. The molecule has 0 aromatic heterocycles. The van der Waals surface area contributed by atoms with Crippen molar-refractivity contribution in [2.75, 3.05) is 18.1 Å². The van der Waals surface area contributed by atoms with Crippen molar-refractivity contribution >= 4 is 11.8 Å². The van der Waals surface area contributed by atoms with Crippen LogP contribution in [0.5, 0.6) is 0 Å². The summed E-state index contributed by atoms with van der Waals surface area (Å²) in [7, 11) is 0. The van der Waals surface area contributed by atoms with Crippen LogP contribution in [0.3, 0.4) is 0 Å². The number of hydrogen-bond donors (Lipinski definition) is 2. The van der Waals surface area contributed by atoms with E-state index in [0.29, 0.717) is 0 Å². The molecule has 0 bridgehead atoms. The summed E-state index contributed by atoms with van der Waals surface area (Å²) in [5, 5.41) is 19.7. The lowest BCUT2D eigenvalue weighted by atomic mass is 9.70. The molecule has 2 N–H and O–H groups in total. The maximum atomic E-state index is 10.4. The van der Waals surface area contributed by atoms with Crippen molar-refractivity contribution < 1.29 is 10.2 Å². The van der Waals surface area contributed by atoms with Crippen molar-refractivity contribution in [2.45, 2.75) is 38.7 Å². The zero-order chi connectivity index (χ0) is 9.95. The molecule has 0 radical (unpaired) electrons. The Hall–Kier alpha value is 0.270. The van der Waals surface area contributed by atoms with E-state index in [9.17, 15) is 10.2 Å². The highest BCUT2D eigenvalue weighted by molar-refractivity contribution is 7.99. The molecule has 13 heavy (non-hydrogen) atoms. The van der Waals surface area contributed by atoms with Gasteiger partial charge in [-0.15, -0.1) is 0 Å². The fraction of sp³-hybridized carbons (Fsp3) is 1.00. The Morgan fingerprint density at radius 1 is 1.54 bits per heavy atom. The summed E-state index contributed by atoms with van der Waals surface area (Å²) in [4.78, 5) is 0. The van der Waals surface area contributed by atoms with E-state index in [-0.39, 0.29) is 12.0 Å². The Kier molecular flexibility index (Phi) is 3.66. The van der Waals surface area contributed by atoms with Gasteiger partial charge in [-0.25, -0.2) is 0 Å². The molecule has 2 unspecified atom stereocenters. The maximum Gasteiger partial charge on any atom is 0.0813 e. The van der Waals surface area contributed by atoms with Crippen molar-refractivity contribution in [3.63, 3.8) is 0 Å². The standard InChI is InChI=1S/C10H20O2S/c1-3-9(2,7-11)10(12)5-4-6-13-8-10/h11-12H,3-8H2,1-2H3. The van der Waals surface area contributed by atoms with Crippen LogP contribution in [0.25, 0.3) is 0 Å². The summed E-state index contributed by atoms with van der Waals surface area (Å²) >= 11 is 1.80. The third-order valence-corrected chi connectivity index (χ3v) is 4.73. The first-order chi connectivity index (χ1) is 6.08. The van der Waals surface area contributed by atoms with Gasteiger partial charge in [-0.3, -0.25) is 0 Å². The van der Waals surface area contributed by atoms with Gasteiger partial charge in [0.1, 0.15) is 0 Å². The molecule has 2 atom stereocenters. The van der Waals surface area contributed by atoms with Crippen LogP contribution in [-0.2, 0) is 0 Å². The highest BCUT2D eigenvalue weighted by atomic mass is 32.2. The topological polar surface area (TPSA) is 40.5 Å². The van der Waals surface area contributed by atoms with E-state index in [1.54, 1.807) is 11.8 Å². The number of hydrogen-bond acceptors (Lipinski definition) is 3. The first kappa shape index (κ1) is 11.3. The zero-order valence-electron chi connectivity index (χ0n) is 8.55. The normalized spacial score (nSPS) is 34.2. The van der Waals surface area contributed by atoms with Gasteiger partial charge in [-0.2, -0.15) is 11.8 Å². The number of rotatable bonds is 3. The highest BCUT2D eigenvalue weighted by Gasteiger charge is 2.45. The van der Waals surface area contributed by atoms with Crippen LogP contribution in [0.15, 0.2) is 0 Å². The van der Waals surface area contributed by atoms with Crippen molar-refractivity contribution in [1.29, 1.82) is 0 Å². The molecule has 0 amide bonds. The van der Waals surface area contributed by atoms with Gasteiger partial charge in [-0.05, 0) is 25.0 Å². The van der Waals surface area contributed by atoms with Crippen molar-refractivity contribution in [2.24, 2.45) is 5.41 Å². The van der Waals surface area contributed by atoms with Crippen LogP contribution in [0.4, 0.5) is 0 Å². The van der Waals surface area contributed by atoms with Gasteiger partial charge in [0.05, 0.1) is 12.2 Å². The first-order valence-electron chi connectivity index (χ1n) is 4.99. The van der Waals surface area contributed by atoms with Crippen molar-refractivity contribution in [3.05, 3.63) is 0 Å². The Bertz CT molecular complexity index is 160. The minimum atomic E-state index is -0.653. The molecule has 2 nitrogen and oxygen atoms in total. The molecule has 1 saturated heterocycles. The van der Waals surface area contributed by atoms with Crippen LogP contribution in [-0.4, -0.2) is 33.9 Å². The predicted molar refractivity (Wildman–Crippen MR) is 57.0 cm³/mol. The van der Waals surface area contributed by atoms with Crippen LogP contribution >= 0.6 is 11.8 Å². The Morgan fingerprint density at radius 3 is 2.62 bits per heavy atom. The molecule has 0 aliphatic carbocycles. The first-order valence-corrected chi connectivity index (χ1v) is 6.14. The lowest BCUT2D eigenvalue weighted by Crippen LogP contribution is -2.52. The maximum absolute atomic E-state index is 10.4. The van der Waals surface area contributed by atoms with Gasteiger partial charge >= 0.3 is 0 Å². The van der Waals surface area contributed by atoms with Crippen molar-refractivity contribution in [1.82, 2.24) is 0 Å². The summed E-state index contributed by atoms with van der Waals surface area (Å²) in [5.74, 6) is 1.92.